The summed E-state index contributed by atoms with van der Waals surface area (Å²) in [6.45, 7) is 5.47. The van der Waals surface area contributed by atoms with E-state index in [-0.39, 0.29) is 5.56 Å². The number of hydrazone groups is 1. The predicted molar refractivity (Wildman–Crippen MR) is 80.4 cm³/mol. The second-order valence-corrected chi connectivity index (χ2v) is 5.02. The zero-order valence-electron chi connectivity index (χ0n) is 11.8. The molecule has 1 heterocycles. The van der Waals surface area contributed by atoms with Gasteiger partial charge in [0, 0.05) is 31.6 Å². The lowest BCUT2D eigenvalue weighted by Crippen LogP contribution is -2.34. The van der Waals surface area contributed by atoms with Crippen molar-refractivity contribution < 1.29 is 9.90 Å². The molecule has 0 spiro atoms. The third-order valence-corrected chi connectivity index (χ3v) is 3.43. The number of hydrogen-bond donors (Lipinski definition) is 2. The lowest BCUT2D eigenvalue weighted by molar-refractivity contribution is 0.0697. The fraction of sp³-hybridized carbons (Fsp3) is 0.467. The summed E-state index contributed by atoms with van der Waals surface area (Å²) < 4.78 is 0. The molecule has 1 fully saturated rings. The summed E-state index contributed by atoms with van der Waals surface area (Å²) in [6, 6.07) is 6.71. The minimum Gasteiger partial charge on any atom is -0.478 e. The van der Waals surface area contributed by atoms with Crippen LogP contribution in [0.25, 0.3) is 0 Å². The van der Waals surface area contributed by atoms with Gasteiger partial charge < -0.3 is 10.0 Å². The maximum atomic E-state index is 10.9. The van der Waals surface area contributed by atoms with Crippen LogP contribution in [0.3, 0.4) is 0 Å². The van der Waals surface area contributed by atoms with Crippen LogP contribution in [0.2, 0.25) is 0 Å². The van der Waals surface area contributed by atoms with Crippen LogP contribution in [0.5, 0.6) is 0 Å². The van der Waals surface area contributed by atoms with E-state index in [1.165, 1.54) is 6.42 Å². The topological polar surface area (TPSA) is 64.9 Å². The molecule has 1 aromatic rings. The average Bonchev–Trinajstić information content (AvgIpc) is 2.47. The summed E-state index contributed by atoms with van der Waals surface area (Å²) in [5.41, 5.74) is 5.10. The van der Waals surface area contributed by atoms with Crippen LogP contribution in [-0.2, 0) is 0 Å². The first-order valence-corrected chi connectivity index (χ1v) is 7.06. The first kappa shape index (κ1) is 14.5. The molecule has 1 aliphatic rings. The van der Waals surface area contributed by atoms with Crippen LogP contribution in [0, 0.1) is 0 Å². The Morgan fingerprint density at radius 2 is 2.15 bits per heavy atom. The molecule has 1 aromatic carbocycles. The largest absolute Gasteiger partial charge is 0.478 e. The van der Waals surface area contributed by atoms with Crippen molar-refractivity contribution in [1.29, 1.82) is 0 Å². The van der Waals surface area contributed by atoms with Gasteiger partial charge in [0.15, 0.2) is 0 Å². The number of hydrogen-bond acceptors (Lipinski definition) is 4. The molecule has 0 amide bonds. The molecule has 0 bridgehead atoms. The molecule has 0 radical (unpaired) electrons. The van der Waals surface area contributed by atoms with Gasteiger partial charge in [-0.25, -0.2) is 4.79 Å². The number of likely N-dealkylation sites (tertiary alicyclic amines) is 1. The van der Waals surface area contributed by atoms with Gasteiger partial charge in [-0.3, -0.25) is 5.43 Å². The molecule has 0 atom stereocenters. The highest BCUT2D eigenvalue weighted by molar-refractivity contribution is 5.89. The summed E-state index contributed by atoms with van der Waals surface area (Å²) >= 11 is 0. The van der Waals surface area contributed by atoms with Crippen molar-refractivity contribution >= 4 is 17.4 Å². The Morgan fingerprint density at radius 3 is 2.80 bits per heavy atom. The predicted octanol–water partition coefficient (Wildman–Crippen LogP) is 2.66. The Kier molecular flexibility index (Phi) is 5.12. The lowest BCUT2D eigenvalue weighted by Gasteiger charge is -2.26. The molecule has 0 saturated carbocycles. The molecule has 2 rings (SSSR count). The third-order valence-electron chi connectivity index (χ3n) is 3.43. The van der Waals surface area contributed by atoms with E-state index in [0.717, 1.165) is 38.2 Å². The first-order valence-electron chi connectivity index (χ1n) is 7.06. The van der Waals surface area contributed by atoms with Crippen molar-refractivity contribution in [3.05, 3.63) is 29.8 Å². The summed E-state index contributed by atoms with van der Waals surface area (Å²) in [5, 5.41) is 13.3. The number of nitrogens with zero attached hydrogens (tertiary/aromatic N) is 2. The highest BCUT2D eigenvalue weighted by Crippen LogP contribution is 2.12. The van der Waals surface area contributed by atoms with E-state index in [2.05, 4.69) is 22.4 Å². The summed E-state index contributed by atoms with van der Waals surface area (Å²) in [4.78, 5) is 13.3. The molecule has 1 saturated heterocycles. The number of carboxylic acids is 1. The lowest BCUT2D eigenvalue weighted by atomic mass is 10.1. The number of piperidine rings is 1. The summed E-state index contributed by atoms with van der Waals surface area (Å²) in [7, 11) is 0. The molecule has 0 unspecified atom stereocenters. The molecular formula is C15H21N3O2. The Labute approximate surface area is 119 Å². The first-order chi connectivity index (χ1) is 9.69. The smallest absolute Gasteiger partial charge is 0.335 e. The van der Waals surface area contributed by atoms with Crippen LogP contribution in [0.15, 0.2) is 29.4 Å². The number of benzene rings is 1. The van der Waals surface area contributed by atoms with Crippen molar-refractivity contribution in [2.24, 2.45) is 5.10 Å². The standard InChI is InChI=1S/C15H21N3O2/c1-2-8-18-9-6-13(7-10-18)16-17-14-5-3-4-12(11-14)15(19)20/h3-5,11,17H,2,6-10H2,1H3,(H,19,20). The van der Waals surface area contributed by atoms with Crippen molar-refractivity contribution in [2.45, 2.75) is 26.2 Å². The minimum absolute atomic E-state index is 0.271. The van der Waals surface area contributed by atoms with E-state index in [4.69, 9.17) is 5.11 Å². The van der Waals surface area contributed by atoms with Crippen molar-refractivity contribution in [3.8, 4) is 0 Å². The van der Waals surface area contributed by atoms with Crippen molar-refractivity contribution in [1.82, 2.24) is 4.90 Å². The molecule has 108 valence electrons. The second-order valence-electron chi connectivity index (χ2n) is 5.02. The molecule has 1 aliphatic heterocycles. The Balaban J connectivity index is 1.90. The van der Waals surface area contributed by atoms with Crippen LogP contribution in [0.4, 0.5) is 5.69 Å². The Morgan fingerprint density at radius 1 is 1.40 bits per heavy atom. The maximum absolute atomic E-state index is 10.9. The SMILES string of the molecule is CCCN1CCC(=NNc2cccc(C(=O)O)c2)CC1. The number of carbonyl (C=O) groups is 1. The zero-order chi connectivity index (χ0) is 14.4. The second kappa shape index (κ2) is 7.05. The monoisotopic (exact) mass is 275 g/mol. The fourth-order valence-electron chi connectivity index (χ4n) is 2.33. The van der Waals surface area contributed by atoms with Gasteiger partial charge in [0.2, 0.25) is 0 Å². The summed E-state index contributed by atoms with van der Waals surface area (Å²) in [6.07, 6.45) is 3.14. The van der Waals surface area contributed by atoms with Gasteiger partial charge in [-0.2, -0.15) is 5.10 Å². The normalized spacial score (nSPS) is 15.9. The number of carboxylic acid groups (broad SMARTS) is 1. The van der Waals surface area contributed by atoms with E-state index in [9.17, 15) is 4.79 Å². The van der Waals surface area contributed by atoms with E-state index < -0.39 is 5.97 Å². The quantitative estimate of drug-likeness (QED) is 0.811. The van der Waals surface area contributed by atoms with Crippen LogP contribution < -0.4 is 5.43 Å². The van der Waals surface area contributed by atoms with Gasteiger partial charge >= 0.3 is 5.97 Å². The Hall–Kier alpha value is -1.88. The van der Waals surface area contributed by atoms with Crippen molar-refractivity contribution in [3.63, 3.8) is 0 Å². The molecule has 5 heteroatoms. The zero-order valence-corrected chi connectivity index (χ0v) is 11.8. The van der Waals surface area contributed by atoms with E-state index >= 15 is 0 Å². The third kappa shape index (κ3) is 4.06. The van der Waals surface area contributed by atoms with Gasteiger partial charge in [0.1, 0.15) is 0 Å². The van der Waals surface area contributed by atoms with Gasteiger partial charge in [0.05, 0.1) is 11.3 Å². The van der Waals surface area contributed by atoms with Crippen molar-refractivity contribution in [2.75, 3.05) is 25.1 Å². The van der Waals surface area contributed by atoms with Gasteiger partial charge in [0.25, 0.3) is 0 Å². The van der Waals surface area contributed by atoms with E-state index in [0.29, 0.717) is 5.69 Å². The van der Waals surface area contributed by atoms with Crippen LogP contribution in [-0.4, -0.2) is 41.3 Å². The van der Waals surface area contributed by atoms with E-state index in [1.807, 2.05) is 6.07 Å². The maximum Gasteiger partial charge on any atom is 0.335 e. The number of nitrogens with one attached hydrogen (secondary N) is 1. The van der Waals surface area contributed by atoms with E-state index in [1.54, 1.807) is 18.2 Å². The molecule has 0 aliphatic carbocycles. The molecular weight excluding hydrogens is 254 g/mol. The molecule has 0 aromatic heterocycles. The average molecular weight is 275 g/mol. The number of aromatic carboxylic acids is 1. The minimum atomic E-state index is -0.922. The molecule has 20 heavy (non-hydrogen) atoms. The van der Waals surface area contributed by atoms with Gasteiger partial charge in [-0.1, -0.05) is 13.0 Å². The number of rotatable bonds is 5. The molecule has 2 N–H and O–H groups in total. The Bertz CT molecular complexity index is 490. The highest BCUT2D eigenvalue weighted by Gasteiger charge is 2.13. The highest BCUT2D eigenvalue weighted by atomic mass is 16.4. The number of anilines is 1. The molecule has 5 nitrogen and oxygen atoms in total. The van der Waals surface area contributed by atoms with Gasteiger partial charge in [-0.05, 0) is 31.2 Å². The summed E-state index contributed by atoms with van der Waals surface area (Å²) in [5.74, 6) is -0.922. The fourth-order valence-corrected chi connectivity index (χ4v) is 2.33. The van der Waals surface area contributed by atoms with Gasteiger partial charge in [-0.15, -0.1) is 0 Å². The van der Waals surface area contributed by atoms with Crippen LogP contribution in [0.1, 0.15) is 36.5 Å². The van der Waals surface area contributed by atoms with Crippen LogP contribution >= 0.6 is 0 Å².